The van der Waals surface area contributed by atoms with Gasteiger partial charge in [-0.25, -0.2) is 9.78 Å². The summed E-state index contributed by atoms with van der Waals surface area (Å²) >= 11 is 6.24. The van der Waals surface area contributed by atoms with Crippen molar-refractivity contribution in [2.75, 3.05) is 13.1 Å². The van der Waals surface area contributed by atoms with Gasteiger partial charge < -0.3 is 15.6 Å². The Morgan fingerprint density at radius 2 is 2.00 bits per heavy atom. The van der Waals surface area contributed by atoms with E-state index in [0.717, 1.165) is 38.9 Å². The number of benzene rings is 2. The first-order valence-electron chi connectivity index (χ1n) is 13.6. The van der Waals surface area contributed by atoms with E-state index in [2.05, 4.69) is 32.4 Å². The number of nitrogens with one attached hydrogen (secondary N) is 3. The van der Waals surface area contributed by atoms with Crippen molar-refractivity contribution in [3.05, 3.63) is 106 Å². The maximum absolute atomic E-state index is 13.0. The lowest BCUT2D eigenvalue weighted by molar-refractivity contribution is -0.127. The van der Waals surface area contributed by atoms with Crippen LogP contribution < -0.4 is 10.6 Å². The van der Waals surface area contributed by atoms with Gasteiger partial charge in [0.05, 0.1) is 16.7 Å². The van der Waals surface area contributed by atoms with E-state index >= 15 is 0 Å². The molecule has 2 aromatic carbocycles. The summed E-state index contributed by atoms with van der Waals surface area (Å²) in [6, 6.07) is 15.6. The smallest absolute Gasteiger partial charge is 0.324 e. The molecule has 0 bridgehead atoms. The molecule has 1 unspecified atom stereocenters. The molecule has 3 N–H and O–H groups in total. The number of urea groups is 1. The molecule has 1 fully saturated rings. The molecule has 0 radical (unpaired) electrons. The van der Waals surface area contributed by atoms with Gasteiger partial charge in [-0.05, 0) is 60.7 Å². The number of hydrogen-bond acceptors (Lipinski definition) is 4. The number of aromatic nitrogens is 3. The van der Waals surface area contributed by atoms with Crippen LogP contribution in [0.25, 0.3) is 16.6 Å². The Balaban J connectivity index is 1.03. The Morgan fingerprint density at radius 1 is 1.12 bits per heavy atom. The molecular formula is C32H27ClN6O3. The number of fused-ring (bicyclic) bond motifs is 2. The molecule has 1 atom stereocenters. The maximum atomic E-state index is 13.0. The highest BCUT2D eigenvalue weighted by atomic mass is 35.5. The van der Waals surface area contributed by atoms with Crippen molar-refractivity contribution in [3.8, 4) is 11.8 Å². The van der Waals surface area contributed by atoms with Crippen LogP contribution in [-0.4, -0.2) is 56.2 Å². The van der Waals surface area contributed by atoms with Crippen LogP contribution in [0.4, 0.5) is 4.79 Å². The number of halogens is 1. The lowest BCUT2D eigenvalue weighted by Crippen LogP contribution is -2.35. The van der Waals surface area contributed by atoms with Crippen molar-refractivity contribution in [3.63, 3.8) is 0 Å². The van der Waals surface area contributed by atoms with E-state index in [-0.39, 0.29) is 18.4 Å². The number of carbonyl (C=O) groups excluding carboxylic acids is 3. The topological polar surface area (TPSA) is 112 Å². The molecule has 3 aromatic heterocycles. The van der Waals surface area contributed by atoms with Crippen molar-refractivity contribution < 1.29 is 14.4 Å². The maximum Gasteiger partial charge on any atom is 0.324 e. The normalized spacial score (nSPS) is 14.7. The van der Waals surface area contributed by atoms with Gasteiger partial charge in [-0.1, -0.05) is 41.8 Å². The molecule has 1 saturated heterocycles. The fourth-order valence-corrected chi connectivity index (χ4v) is 5.32. The third-order valence-corrected chi connectivity index (χ3v) is 7.68. The summed E-state index contributed by atoms with van der Waals surface area (Å²) in [6.45, 7) is 2.45. The molecule has 5 aromatic rings. The van der Waals surface area contributed by atoms with Crippen LogP contribution in [0, 0.1) is 18.8 Å². The molecule has 10 heteroatoms. The molecule has 0 saturated carbocycles. The monoisotopic (exact) mass is 578 g/mol. The second-order valence-corrected chi connectivity index (χ2v) is 10.5. The molecule has 4 amide bonds. The van der Waals surface area contributed by atoms with E-state index in [4.69, 9.17) is 11.6 Å². The third kappa shape index (κ3) is 5.32. The number of rotatable bonds is 7. The average molecular weight is 579 g/mol. The number of para-hydroxylation sites is 1. The van der Waals surface area contributed by atoms with E-state index in [1.807, 2.05) is 60.1 Å². The number of carbonyl (C=O) groups is 3. The molecule has 1 aliphatic heterocycles. The number of H-pyrrole nitrogens is 1. The summed E-state index contributed by atoms with van der Waals surface area (Å²) in [5, 5.41) is 7.18. The number of amides is 4. The zero-order valence-electron chi connectivity index (χ0n) is 22.8. The van der Waals surface area contributed by atoms with Gasteiger partial charge in [0.25, 0.3) is 11.8 Å². The van der Waals surface area contributed by atoms with Crippen LogP contribution in [0.5, 0.6) is 0 Å². The number of imidazole rings is 1. The number of nitrogens with zero attached hydrogens (tertiary/aromatic N) is 3. The summed E-state index contributed by atoms with van der Waals surface area (Å²) in [5.74, 6) is 5.78. The number of pyridine rings is 1. The molecule has 0 aliphatic carbocycles. The highest BCUT2D eigenvalue weighted by Crippen LogP contribution is 2.26. The van der Waals surface area contributed by atoms with Crippen LogP contribution in [0.15, 0.2) is 73.2 Å². The van der Waals surface area contributed by atoms with Gasteiger partial charge in [0.1, 0.15) is 17.4 Å². The summed E-state index contributed by atoms with van der Waals surface area (Å²) < 4.78 is 1.91. The van der Waals surface area contributed by atoms with Crippen molar-refractivity contribution in [1.82, 2.24) is 29.9 Å². The van der Waals surface area contributed by atoms with Crippen LogP contribution in [-0.2, 0) is 11.2 Å². The predicted octanol–water partition coefficient (Wildman–Crippen LogP) is 4.46. The van der Waals surface area contributed by atoms with Gasteiger partial charge in [-0.3, -0.25) is 18.9 Å². The number of imide groups is 1. The van der Waals surface area contributed by atoms with Gasteiger partial charge in [0.2, 0.25) is 0 Å². The van der Waals surface area contributed by atoms with Gasteiger partial charge in [0, 0.05) is 48.4 Å². The minimum Gasteiger partial charge on any atom is -0.360 e. The van der Waals surface area contributed by atoms with Crippen LogP contribution in [0.1, 0.15) is 39.2 Å². The van der Waals surface area contributed by atoms with E-state index in [1.165, 1.54) is 4.90 Å². The summed E-state index contributed by atoms with van der Waals surface area (Å²) in [5.41, 5.74) is 5.47. The van der Waals surface area contributed by atoms with E-state index in [9.17, 15) is 14.4 Å². The minimum atomic E-state index is -0.655. The number of hydrogen-bond donors (Lipinski definition) is 3. The first kappa shape index (κ1) is 27.1. The zero-order chi connectivity index (χ0) is 29.2. The Hall–Kier alpha value is -5.07. The van der Waals surface area contributed by atoms with Gasteiger partial charge >= 0.3 is 6.03 Å². The first-order valence-corrected chi connectivity index (χ1v) is 14.0. The molecule has 42 heavy (non-hydrogen) atoms. The fourth-order valence-electron chi connectivity index (χ4n) is 5.09. The Bertz CT molecular complexity index is 1910. The summed E-state index contributed by atoms with van der Waals surface area (Å²) in [7, 11) is 0. The van der Waals surface area contributed by atoms with Crippen molar-refractivity contribution in [2.24, 2.45) is 0 Å². The van der Waals surface area contributed by atoms with E-state index < -0.39 is 12.1 Å². The van der Waals surface area contributed by atoms with Gasteiger partial charge in [0.15, 0.2) is 0 Å². The first-order chi connectivity index (χ1) is 20.4. The largest absolute Gasteiger partial charge is 0.360 e. The molecule has 4 heterocycles. The lowest BCUT2D eigenvalue weighted by Gasteiger charge is -2.13. The van der Waals surface area contributed by atoms with Gasteiger partial charge in [-0.15, -0.1) is 0 Å². The van der Waals surface area contributed by atoms with Crippen molar-refractivity contribution >= 4 is 46.0 Å². The number of aryl methyl sites for hydroxylation is 1. The Kier molecular flexibility index (Phi) is 7.38. The zero-order valence-corrected chi connectivity index (χ0v) is 23.5. The van der Waals surface area contributed by atoms with Crippen LogP contribution in [0.3, 0.4) is 0 Å². The standard InChI is InChI=1S/C32H27ClN6O3/c1-20-9-10-22(16-21(20)11-12-24-19-35-28-8-2-3-14-38(24)28)30(40)34-13-5-15-39-31(41)27(37-32(39)42)17-23-18-36-29-25(23)6-4-7-26(29)33/h2-4,6-10,14,16,18-19,27,36H,5,13,15,17H2,1H3,(H,34,40)(H,37,42). The highest BCUT2D eigenvalue weighted by Gasteiger charge is 2.37. The summed E-state index contributed by atoms with van der Waals surface area (Å²) in [6.07, 6.45) is 6.22. The molecule has 9 nitrogen and oxygen atoms in total. The van der Waals surface area contributed by atoms with Crippen LogP contribution in [0.2, 0.25) is 5.02 Å². The molecule has 210 valence electrons. The number of aromatic amines is 1. The van der Waals surface area contributed by atoms with Gasteiger partial charge in [-0.2, -0.15) is 0 Å². The van der Waals surface area contributed by atoms with Crippen LogP contribution >= 0.6 is 11.6 Å². The van der Waals surface area contributed by atoms with E-state index in [0.29, 0.717) is 30.0 Å². The molecule has 1 aliphatic rings. The predicted molar refractivity (Wildman–Crippen MR) is 160 cm³/mol. The molecule has 0 spiro atoms. The minimum absolute atomic E-state index is 0.199. The third-order valence-electron chi connectivity index (χ3n) is 7.37. The Morgan fingerprint density at radius 3 is 2.88 bits per heavy atom. The average Bonchev–Trinajstić information content (AvgIpc) is 3.67. The van der Waals surface area contributed by atoms with Crippen molar-refractivity contribution in [1.29, 1.82) is 0 Å². The second-order valence-electron chi connectivity index (χ2n) is 10.1. The SMILES string of the molecule is Cc1ccc(C(=O)NCCCN2C(=O)NC(Cc3c[nH]c4c(Cl)cccc34)C2=O)cc1C#Cc1cnc2ccccn12. The quantitative estimate of drug-likeness (QED) is 0.150. The molecule has 6 rings (SSSR count). The lowest BCUT2D eigenvalue weighted by atomic mass is 10.0. The molecular weight excluding hydrogens is 552 g/mol. The fraction of sp³-hybridized carbons (Fsp3) is 0.188. The summed E-state index contributed by atoms with van der Waals surface area (Å²) in [4.78, 5) is 47.1. The second kappa shape index (κ2) is 11.4. The Labute approximate surface area is 246 Å². The van der Waals surface area contributed by atoms with Crippen molar-refractivity contribution in [2.45, 2.75) is 25.8 Å². The highest BCUT2D eigenvalue weighted by molar-refractivity contribution is 6.35. The van der Waals surface area contributed by atoms with E-state index in [1.54, 1.807) is 24.4 Å².